The Bertz CT molecular complexity index is 697. The number of pyridine rings is 1. The van der Waals surface area contributed by atoms with Gasteiger partial charge in [0.05, 0.1) is 25.5 Å². The van der Waals surface area contributed by atoms with Crippen molar-refractivity contribution in [2.24, 2.45) is 0 Å². The van der Waals surface area contributed by atoms with Gasteiger partial charge in [-0.05, 0) is 6.92 Å². The molecule has 0 aromatic carbocycles. The summed E-state index contributed by atoms with van der Waals surface area (Å²) in [6.07, 6.45) is 2.56. The van der Waals surface area contributed by atoms with Crippen molar-refractivity contribution in [3.05, 3.63) is 35.9 Å². The Morgan fingerprint density at radius 2 is 2.16 bits per heavy atom. The van der Waals surface area contributed by atoms with Crippen LogP contribution in [0.2, 0.25) is 0 Å². The molecule has 2 heterocycles. The molecule has 2 aromatic heterocycles. The minimum atomic E-state index is -3.75. The van der Waals surface area contributed by atoms with Crippen LogP contribution in [0.15, 0.2) is 29.4 Å². The zero-order valence-corrected chi connectivity index (χ0v) is 11.9. The highest BCUT2D eigenvalue weighted by Gasteiger charge is 2.13. The average molecular weight is 302 g/mol. The first-order chi connectivity index (χ1) is 8.88. The summed E-state index contributed by atoms with van der Waals surface area (Å²) in [4.78, 5) is 4.29. The second kappa shape index (κ2) is 5.18. The van der Waals surface area contributed by atoms with Crippen molar-refractivity contribution in [3.8, 4) is 5.75 Å². The molecule has 0 saturated heterocycles. The Hall–Kier alpha value is -1.60. The molecule has 6 nitrogen and oxygen atoms in total. The number of hydrogen-bond donors (Lipinski definition) is 0. The van der Waals surface area contributed by atoms with Gasteiger partial charge in [0.2, 0.25) is 0 Å². The van der Waals surface area contributed by atoms with Crippen LogP contribution >= 0.6 is 10.7 Å². The van der Waals surface area contributed by atoms with E-state index in [1.54, 1.807) is 19.2 Å². The smallest absolute Gasteiger partial charge is 0.264 e. The normalized spacial score (nSPS) is 11.5. The number of hydrogen-bond acceptors (Lipinski definition) is 5. The molecule has 0 spiro atoms. The Labute approximate surface area is 115 Å². The minimum Gasteiger partial charge on any atom is -0.497 e. The van der Waals surface area contributed by atoms with Gasteiger partial charge in [-0.3, -0.25) is 9.67 Å². The third kappa shape index (κ3) is 3.45. The Morgan fingerprint density at radius 1 is 1.42 bits per heavy atom. The van der Waals surface area contributed by atoms with E-state index in [1.165, 1.54) is 17.1 Å². The van der Waals surface area contributed by atoms with Gasteiger partial charge in [-0.2, -0.15) is 5.10 Å². The fourth-order valence-corrected chi connectivity index (χ4v) is 2.28. The number of ether oxygens (including phenoxy) is 1. The van der Waals surface area contributed by atoms with Crippen LogP contribution in [0.1, 0.15) is 11.4 Å². The van der Waals surface area contributed by atoms with Gasteiger partial charge < -0.3 is 4.74 Å². The fourth-order valence-electron chi connectivity index (χ4n) is 1.62. The van der Waals surface area contributed by atoms with E-state index in [2.05, 4.69) is 10.1 Å². The number of methoxy groups -OCH3 is 1. The molecular weight excluding hydrogens is 290 g/mol. The lowest BCUT2D eigenvalue weighted by atomic mass is 10.3. The van der Waals surface area contributed by atoms with E-state index in [4.69, 9.17) is 15.4 Å². The summed E-state index contributed by atoms with van der Waals surface area (Å²) in [7, 11) is 3.05. The maximum Gasteiger partial charge on any atom is 0.264 e. The van der Waals surface area contributed by atoms with Crippen LogP contribution in [0.3, 0.4) is 0 Å². The molecule has 102 valence electrons. The van der Waals surface area contributed by atoms with E-state index in [0.717, 1.165) is 11.4 Å². The van der Waals surface area contributed by atoms with Crippen LogP contribution < -0.4 is 4.74 Å². The van der Waals surface area contributed by atoms with Crippen molar-refractivity contribution in [1.82, 2.24) is 14.8 Å². The number of halogens is 1. The van der Waals surface area contributed by atoms with E-state index in [0.29, 0.717) is 12.3 Å². The standard InChI is InChI=1S/C11H12ClN3O3S/c1-8-3-10(18-2)4-9(14-8)6-15-7-11(5-13-15)19(12,16)17/h3-5,7H,6H2,1-2H3. The molecule has 0 bridgehead atoms. The molecular formula is C11H12ClN3O3S. The molecule has 0 atom stereocenters. The first-order valence-electron chi connectivity index (χ1n) is 5.37. The maximum absolute atomic E-state index is 11.1. The fraction of sp³-hybridized carbons (Fsp3) is 0.273. The summed E-state index contributed by atoms with van der Waals surface area (Å²) in [6.45, 7) is 2.19. The lowest BCUT2D eigenvalue weighted by molar-refractivity contribution is 0.412. The largest absolute Gasteiger partial charge is 0.497 e. The SMILES string of the molecule is COc1cc(C)nc(Cn2cc(S(=O)(=O)Cl)cn2)c1. The van der Waals surface area contributed by atoms with Crippen LogP contribution in [0, 0.1) is 6.92 Å². The van der Waals surface area contributed by atoms with E-state index in [1.807, 2.05) is 6.92 Å². The van der Waals surface area contributed by atoms with Crippen molar-refractivity contribution >= 4 is 19.7 Å². The minimum absolute atomic E-state index is 0.0335. The van der Waals surface area contributed by atoms with Crippen molar-refractivity contribution in [3.63, 3.8) is 0 Å². The molecule has 8 heteroatoms. The lowest BCUT2D eigenvalue weighted by Gasteiger charge is -2.06. The van der Waals surface area contributed by atoms with Gasteiger partial charge in [0.15, 0.2) is 0 Å². The molecule has 0 aliphatic carbocycles. The monoisotopic (exact) mass is 301 g/mol. The first kappa shape index (κ1) is 13.8. The third-order valence-corrected chi connectivity index (χ3v) is 3.74. The number of aromatic nitrogens is 3. The van der Waals surface area contributed by atoms with Crippen molar-refractivity contribution in [1.29, 1.82) is 0 Å². The molecule has 19 heavy (non-hydrogen) atoms. The van der Waals surface area contributed by atoms with Gasteiger partial charge in [0.25, 0.3) is 9.05 Å². The summed E-state index contributed by atoms with van der Waals surface area (Å²) in [6, 6.07) is 3.57. The highest BCUT2D eigenvalue weighted by atomic mass is 35.7. The van der Waals surface area contributed by atoms with E-state index in [-0.39, 0.29) is 4.90 Å². The highest BCUT2D eigenvalue weighted by Crippen LogP contribution is 2.16. The molecule has 0 saturated carbocycles. The molecule has 0 fully saturated rings. The molecule has 0 amide bonds. The van der Waals surface area contributed by atoms with Crippen LogP contribution in [0.25, 0.3) is 0 Å². The number of rotatable bonds is 4. The Kier molecular flexibility index (Phi) is 3.77. The summed E-state index contributed by atoms with van der Waals surface area (Å²) in [5.74, 6) is 0.694. The van der Waals surface area contributed by atoms with E-state index >= 15 is 0 Å². The maximum atomic E-state index is 11.1. The number of aryl methyl sites for hydroxylation is 1. The highest BCUT2D eigenvalue weighted by molar-refractivity contribution is 8.13. The second-order valence-electron chi connectivity index (χ2n) is 3.95. The molecule has 0 N–H and O–H groups in total. The topological polar surface area (TPSA) is 74.1 Å². The predicted octanol–water partition coefficient (Wildman–Crippen LogP) is 1.57. The van der Waals surface area contributed by atoms with Gasteiger partial charge in [0, 0.05) is 34.7 Å². The van der Waals surface area contributed by atoms with Crippen LogP contribution in [0.4, 0.5) is 0 Å². The number of nitrogens with zero attached hydrogens (tertiary/aromatic N) is 3. The average Bonchev–Trinajstić information content (AvgIpc) is 2.76. The van der Waals surface area contributed by atoms with Gasteiger partial charge in [-0.15, -0.1) is 0 Å². The van der Waals surface area contributed by atoms with Crippen molar-refractivity contribution in [2.45, 2.75) is 18.4 Å². The molecule has 0 aliphatic rings. The predicted molar refractivity (Wildman–Crippen MR) is 69.9 cm³/mol. The van der Waals surface area contributed by atoms with Gasteiger partial charge in [-0.1, -0.05) is 0 Å². The van der Waals surface area contributed by atoms with E-state index in [9.17, 15) is 8.42 Å². The Morgan fingerprint density at radius 3 is 2.74 bits per heavy atom. The molecule has 0 unspecified atom stereocenters. The van der Waals surface area contributed by atoms with Gasteiger partial charge in [-0.25, -0.2) is 8.42 Å². The van der Waals surface area contributed by atoms with Crippen LogP contribution in [0.5, 0.6) is 5.75 Å². The summed E-state index contributed by atoms with van der Waals surface area (Å²) in [5, 5.41) is 3.94. The Balaban J connectivity index is 2.26. The molecule has 2 rings (SSSR count). The molecule has 2 aromatic rings. The van der Waals surface area contributed by atoms with Crippen molar-refractivity contribution in [2.75, 3.05) is 7.11 Å². The van der Waals surface area contributed by atoms with Gasteiger partial charge in [0.1, 0.15) is 10.6 Å². The van der Waals surface area contributed by atoms with Crippen LogP contribution in [-0.4, -0.2) is 30.3 Å². The molecule has 0 aliphatic heterocycles. The first-order valence-corrected chi connectivity index (χ1v) is 7.68. The lowest BCUT2D eigenvalue weighted by Crippen LogP contribution is -2.03. The summed E-state index contributed by atoms with van der Waals surface area (Å²) in [5.41, 5.74) is 1.53. The van der Waals surface area contributed by atoms with E-state index < -0.39 is 9.05 Å². The second-order valence-corrected chi connectivity index (χ2v) is 6.52. The summed E-state index contributed by atoms with van der Waals surface area (Å²) >= 11 is 0. The van der Waals surface area contributed by atoms with Crippen LogP contribution in [-0.2, 0) is 15.6 Å². The quantitative estimate of drug-likeness (QED) is 0.801. The van der Waals surface area contributed by atoms with Gasteiger partial charge >= 0.3 is 0 Å². The van der Waals surface area contributed by atoms with Crippen molar-refractivity contribution < 1.29 is 13.2 Å². The molecule has 0 radical (unpaired) electrons. The zero-order valence-electron chi connectivity index (χ0n) is 10.4. The third-order valence-electron chi connectivity index (χ3n) is 2.43. The zero-order chi connectivity index (χ0) is 14.0. The summed E-state index contributed by atoms with van der Waals surface area (Å²) < 4.78 is 28.9.